The molecule has 4 nitrogen and oxygen atoms in total. The van der Waals surface area contributed by atoms with Gasteiger partial charge in [0.1, 0.15) is 12.9 Å². The van der Waals surface area contributed by atoms with Gasteiger partial charge < -0.3 is 14.2 Å². The Labute approximate surface area is 114 Å². The SMILES string of the molecule is C=CCc1cc(C=O)cc(OCC)c1OCCOC. The molecule has 1 rings (SSSR count). The van der Waals surface area contributed by atoms with E-state index in [0.29, 0.717) is 43.3 Å². The third-order valence-electron chi connectivity index (χ3n) is 2.49. The van der Waals surface area contributed by atoms with E-state index in [9.17, 15) is 4.79 Å². The number of aldehydes is 1. The van der Waals surface area contributed by atoms with Crippen LogP contribution in [0.3, 0.4) is 0 Å². The van der Waals surface area contributed by atoms with E-state index in [4.69, 9.17) is 14.2 Å². The summed E-state index contributed by atoms with van der Waals surface area (Å²) in [6.07, 6.45) is 3.18. The summed E-state index contributed by atoms with van der Waals surface area (Å²) in [6.45, 7) is 7.04. The quantitative estimate of drug-likeness (QED) is 0.391. The average Bonchev–Trinajstić information content (AvgIpc) is 2.42. The molecular formula is C15H20O4. The zero-order valence-electron chi connectivity index (χ0n) is 11.5. The lowest BCUT2D eigenvalue weighted by molar-refractivity contribution is 0.112. The van der Waals surface area contributed by atoms with Gasteiger partial charge in [0, 0.05) is 18.2 Å². The molecule has 0 amide bonds. The average molecular weight is 264 g/mol. The fourth-order valence-electron chi connectivity index (χ4n) is 1.71. The predicted molar refractivity (Wildman–Crippen MR) is 74.3 cm³/mol. The molecule has 0 aliphatic heterocycles. The van der Waals surface area contributed by atoms with Crippen molar-refractivity contribution < 1.29 is 19.0 Å². The van der Waals surface area contributed by atoms with Crippen molar-refractivity contribution in [2.75, 3.05) is 26.9 Å². The highest BCUT2D eigenvalue weighted by Crippen LogP contribution is 2.33. The molecular weight excluding hydrogens is 244 g/mol. The summed E-state index contributed by atoms with van der Waals surface area (Å²) in [5.74, 6) is 1.24. The van der Waals surface area contributed by atoms with Crippen LogP contribution < -0.4 is 9.47 Å². The van der Waals surface area contributed by atoms with Crippen molar-refractivity contribution in [2.45, 2.75) is 13.3 Å². The van der Waals surface area contributed by atoms with Gasteiger partial charge in [-0.3, -0.25) is 4.79 Å². The van der Waals surface area contributed by atoms with Crippen LogP contribution in [0.1, 0.15) is 22.8 Å². The van der Waals surface area contributed by atoms with Gasteiger partial charge in [-0.2, -0.15) is 0 Å². The first kappa shape index (κ1) is 15.2. The summed E-state index contributed by atoms with van der Waals surface area (Å²) in [7, 11) is 1.62. The molecule has 0 saturated heterocycles. The fraction of sp³-hybridized carbons (Fsp3) is 0.400. The lowest BCUT2D eigenvalue weighted by Crippen LogP contribution is -2.08. The molecule has 0 heterocycles. The summed E-state index contributed by atoms with van der Waals surface area (Å²) in [4.78, 5) is 10.9. The van der Waals surface area contributed by atoms with Crippen LogP contribution in [0.15, 0.2) is 24.8 Å². The van der Waals surface area contributed by atoms with Crippen molar-refractivity contribution in [3.8, 4) is 11.5 Å². The van der Waals surface area contributed by atoms with Gasteiger partial charge in [0.25, 0.3) is 0 Å². The van der Waals surface area contributed by atoms with Gasteiger partial charge in [-0.15, -0.1) is 6.58 Å². The first-order valence-electron chi connectivity index (χ1n) is 6.24. The molecule has 0 unspecified atom stereocenters. The van der Waals surface area contributed by atoms with Crippen LogP contribution in [0.25, 0.3) is 0 Å². The van der Waals surface area contributed by atoms with Crippen molar-refractivity contribution in [2.24, 2.45) is 0 Å². The maximum atomic E-state index is 10.9. The van der Waals surface area contributed by atoms with Gasteiger partial charge in [-0.05, 0) is 25.5 Å². The van der Waals surface area contributed by atoms with E-state index < -0.39 is 0 Å². The second-order valence-electron chi connectivity index (χ2n) is 3.89. The van der Waals surface area contributed by atoms with E-state index in [2.05, 4.69) is 6.58 Å². The molecule has 1 aromatic rings. The molecule has 1 aromatic carbocycles. The molecule has 0 aromatic heterocycles. The molecule has 104 valence electrons. The number of carbonyl (C=O) groups is 1. The predicted octanol–water partition coefficient (Wildman–Crippen LogP) is 2.65. The molecule has 0 fully saturated rings. The van der Waals surface area contributed by atoms with Crippen molar-refractivity contribution in [3.05, 3.63) is 35.9 Å². The first-order valence-corrected chi connectivity index (χ1v) is 6.24. The molecule has 0 aliphatic rings. The Morgan fingerprint density at radius 3 is 2.63 bits per heavy atom. The lowest BCUT2D eigenvalue weighted by atomic mass is 10.1. The topological polar surface area (TPSA) is 44.8 Å². The van der Waals surface area contributed by atoms with E-state index in [1.54, 1.807) is 25.3 Å². The third kappa shape index (κ3) is 4.41. The van der Waals surface area contributed by atoms with Gasteiger partial charge >= 0.3 is 0 Å². The Hall–Kier alpha value is -1.81. The maximum Gasteiger partial charge on any atom is 0.164 e. The monoisotopic (exact) mass is 264 g/mol. The molecule has 0 radical (unpaired) electrons. The van der Waals surface area contributed by atoms with Crippen molar-refractivity contribution >= 4 is 6.29 Å². The Kier molecular flexibility index (Phi) is 6.68. The zero-order valence-corrected chi connectivity index (χ0v) is 11.5. The number of methoxy groups -OCH3 is 1. The van der Waals surface area contributed by atoms with Crippen LogP contribution in [0.4, 0.5) is 0 Å². The maximum absolute atomic E-state index is 10.9. The number of carbonyl (C=O) groups excluding carboxylic acids is 1. The molecule has 0 N–H and O–H groups in total. The van der Waals surface area contributed by atoms with Gasteiger partial charge in [-0.1, -0.05) is 6.08 Å². The van der Waals surface area contributed by atoms with E-state index in [1.165, 1.54) is 0 Å². The molecule has 0 atom stereocenters. The largest absolute Gasteiger partial charge is 0.490 e. The first-order chi connectivity index (χ1) is 9.26. The number of hydrogen-bond acceptors (Lipinski definition) is 4. The van der Waals surface area contributed by atoms with Crippen LogP contribution in [0.2, 0.25) is 0 Å². The Morgan fingerprint density at radius 1 is 1.26 bits per heavy atom. The van der Waals surface area contributed by atoms with Gasteiger partial charge in [-0.25, -0.2) is 0 Å². The summed E-state index contributed by atoms with van der Waals surface area (Å²) in [6, 6.07) is 3.48. The summed E-state index contributed by atoms with van der Waals surface area (Å²) < 4.78 is 16.2. The number of rotatable bonds is 9. The molecule has 4 heteroatoms. The minimum atomic E-state index is 0.432. The van der Waals surface area contributed by atoms with Crippen LogP contribution in [0.5, 0.6) is 11.5 Å². The minimum Gasteiger partial charge on any atom is -0.490 e. The lowest BCUT2D eigenvalue weighted by Gasteiger charge is -2.16. The van der Waals surface area contributed by atoms with Crippen LogP contribution >= 0.6 is 0 Å². The van der Waals surface area contributed by atoms with E-state index in [0.717, 1.165) is 11.8 Å². The normalized spacial score (nSPS) is 10.0. The van der Waals surface area contributed by atoms with Crippen molar-refractivity contribution in [1.82, 2.24) is 0 Å². The summed E-state index contributed by atoms with van der Waals surface area (Å²) in [5.41, 5.74) is 1.46. The highest BCUT2D eigenvalue weighted by Gasteiger charge is 2.13. The zero-order chi connectivity index (χ0) is 14.1. The Bertz CT molecular complexity index is 426. The highest BCUT2D eigenvalue weighted by atomic mass is 16.5. The smallest absolute Gasteiger partial charge is 0.164 e. The summed E-state index contributed by atoms with van der Waals surface area (Å²) in [5, 5.41) is 0. The number of allylic oxidation sites excluding steroid dienone is 1. The second kappa shape index (κ2) is 8.32. The standard InChI is InChI=1S/C15H20O4/c1-4-6-13-9-12(11-16)10-14(18-5-2)15(13)19-8-7-17-3/h4,9-11H,1,5-8H2,2-3H3. The molecule has 0 bridgehead atoms. The molecule has 0 spiro atoms. The summed E-state index contributed by atoms with van der Waals surface area (Å²) >= 11 is 0. The van der Waals surface area contributed by atoms with Crippen molar-refractivity contribution in [1.29, 1.82) is 0 Å². The van der Waals surface area contributed by atoms with E-state index in [-0.39, 0.29) is 0 Å². The van der Waals surface area contributed by atoms with Gasteiger partial charge in [0.05, 0.1) is 13.2 Å². The highest BCUT2D eigenvalue weighted by molar-refractivity contribution is 5.77. The Balaban J connectivity index is 3.10. The molecule has 19 heavy (non-hydrogen) atoms. The van der Waals surface area contributed by atoms with Gasteiger partial charge in [0.15, 0.2) is 11.5 Å². The van der Waals surface area contributed by atoms with Crippen LogP contribution in [-0.4, -0.2) is 33.2 Å². The number of ether oxygens (including phenoxy) is 3. The van der Waals surface area contributed by atoms with E-state index in [1.807, 2.05) is 6.92 Å². The fourth-order valence-corrected chi connectivity index (χ4v) is 1.71. The third-order valence-corrected chi connectivity index (χ3v) is 2.49. The van der Waals surface area contributed by atoms with Crippen LogP contribution in [0, 0.1) is 0 Å². The molecule has 0 aliphatic carbocycles. The van der Waals surface area contributed by atoms with Gasteiger partial charge in [0.2, 0.25) is 0 Å². The number of benzene rings is 1. The Morgan fingerprint density at radius 2 is 2.05 bits per heavy atom. The van der Waals surface area contributed by atoms with Crippen molar-refractivity contribution in [3.63, 3.8) is 0 Å². The van der Waals surface area contributed by atoms with E-state index >= 15 is 0 Å². The molecule has 0 saturated carbocycles. The minimum absolute atomic E-state index is 0.432. The second-order valence-corrected chi connectivity index (χ2v) is 3.89. The number of hydrogen-bond donors (Lipinski definition) is 0. The van der Waals surface area contributed by atoms with Crippen LogP contribution in [-0.2, 0) is 11.2 Å².